The Hall–Kier alpha value is -1.06. The summed E-state index contributed by atoms with van der Waals surface area (Å²) in [7, 11) is 0. The monoisotopic (exact) mass is 157 g/mol. The summed E-state index contributed by atoms with van der Waals surface area (Å²) >= 11 is 0. The van der Waals surface area contributed by atoms with Gasteiger partial charge in [0.15, 0.2) is 0 Å². The van der Waals surface area contributed by atoms with Gasteiger partial charge in [-0.25, -0.2) is 4.79 Å². The van der Waals surface area contributed by atoms with E-state index in [0.29, 0.717) is 12.7 Å². The van der Waals surface area contributed by atoms with Crippen LogP contribution in [-0.4, -0.2) is 34.5 Å². The summed E-state index contributed by atoms with van der Waals surface area (Å²) in [5.74, 6) is 0. The summed E-state index contributed by atoms with van der Waals surface area (Å²) in [6.45, 7) is 1.82. The molecule has 0 radical (unpaired) electrons. The second-order valence-electron chi connectivity index (χ2n) is 2.82. The summed E-state index contributed by atoms with van der Waals surface area (Å²) < 4.78 is 0. The second kappa shape index (κ2) is 2.90. The minimum absolute atomic E-state index is 0.0114. The van der Waals surface area contributed by atoms with Crippen LogP contribution in [0.25, 0.3) is 0 Å². The number of carbonyl (C=O) groups excluding carboxylic acids is 1. The van der Waals surface area contributed by atoms with Crippen LogP contribution in [0.5, 0.6) is 0 Å². The van der Waals surface area contributed by atoms with Gasteiger partial charge >= 0.3 is 6.09 Å². The maximum Gasteiger partial charge on any atom is 0.408 e. The Morgan fingerprint density at radius 3 is 2.64 bits per heavy atom. The fourth-order valence-electron chi connectivity index (χ4n) is 1.48. The van der Waals surface area contributed by atoms with E-state index in [2.05, 4.69) is 0 Å². The number of carbonyl (C=O) groups is 2. The van der Waals surface area contributed by atoms with E-state index in [1.165, 1.54) is 4.90 Å². The molecule has 62 valence electrons. The van der Waals surface area contributed by atoms with Gasteiger partial charge in [0.25, 0.3) is 0 Å². The molecule has 0 bridgehead atoms. The zero-order valence-corrected chi connectivity index (χ0v) is 6.36. The number of likely N-dealkylation sites (tertiary alicyclic amines) is 1. The third kappa shape index (κ3) is 1.34. The molecule has 1 aliphatic heterocycles. The molecule has 0 unspecified atom stereocenters. The van der Waals surface area contributed by atoms with E-state index in [1.54, 1.807) is 0 Å². The number of rotatable bonds is 1. The van der Waals surface area contributed by atoms with Gasteiger partial charge in [-0.1, -0.05) is 0 Å². The zero-order chi connectivity index (χ0) is 8.43. The van der Waals surface area contributed by atoms with Crippen LogP contribution in [0.4, 0.5) is 4.79 Å². The Bertz CT molecular complexity index is 181. The lowest BCUT2D eigenvalue weighted by atomic mass is 10.2. The largest absolute Gasteiger partial charge is 0.465 e. The molecular weight excluding hydrogens is 146 g/mol. The lowest BCUT2D eigenvalue weighted by Crippen LogP contribution is -2.39. The number of hydrogen-bond acceptors (Lipinski definition) is 2. The van der Waals surface area contributed by atoms with E-state index in [1.807, 2.05) is 6.92 Å². The van der Waals surface area contributed by atoms with Gasteiger partial charge in [0.05, 0.1) is 6.04 Å². The van der Waals surface area contributed by atoms with Gasteiger partial charge in [0.1, 0.15) is 6.29 Å². The number of amides is 1. The summed E-state index contributed by atoms with van der Waals surface area (Å²) in [6, 6.07) is -0.426. The Balaban J connectivity index is 2.70. The van der Waals surface area contributed by atoms with Gasteiger partial charge in [-0.3, -0.25) is 4.90 Å². The van der Waals surface area contributed by atoms with E-state index in [9.17, 15) is 9.59 Å². The third-order valence-electron chi connectivity index (χ3n) is 2.09. The average Bonchev–Trinajstić information content (AvgIpc) is 2.30. The standard InChI is InChI=1S/C7H11NO3/c1-5-2-3-6(4-9)8(5)7(10)11/h4-6H,2-3H2,1H3,(H,10,11)/t5-,6-/m1/s1. The summed E-state index contributed by atoms with van der Waals surface area (Å²) in [4.78, 5) is 22.1. The van der Waals surface area contributed by atoms with Crippen LogP contribution < -0.4 is 0 Å². The topological polar surface area (TPSA) is 57.6 Å². The number of carboxylic acid groups (broad SMARTS) is 1. The highest BCUT2D eigenvalue weighted by Crippen LogP contribution is 2.21. The molecular formula is C7H11NO3. The van der Waals surface area contributed by atoms with Crippen molar-refractivity contribution in [3.63, 3.8) is 0 Å². The van der Waals surface area contributed by atoms with Crippen LogP contribution in [0, 0.1) is 0 Å². The summed E-state index contributed by atoms with van der Waals surface area (Å²) in [6.07, 6.45) is 1.16. The van der Waals surface area contributed by atoms with Gasteiger partial charge in [-0.05, 0) is 19.8 Å². The molecule has 4 heteroatoms. The van der Waals surface area contributed by atoms with Gasteiger partial charge < -0.3 is 9.90 Å². The van der Waals surface area contributed by atoms with Crippen molar-refractivity contribution in [2.75, 3.05) is 0 Å². The van der Waals surface area contributed by atoms with E-state index < -0.39 is 12.1 Å². The molecule has 1 fully saturated rings. The van der Waals surface area contributed by atoms with Crippen LogP contribution in [0.1, 0.15) is 19.8 Å². The maximum absolute atomic E-state index is 10.5. The molecule has 11 heavy (non-hydrogen) atoms. The van der Waals surface area contributed by atoms with E-state index in [-0.39, 0.29) is 6.04 Å². The number of aldehydes is 1. The first kappa shape index (κ1) is 8.04. The first-order valence-corrected chi connectivity index (χ1v) is 3.63. The third-order valence-corrected chi connectivity index (χ3v) is 2.09. The Morgan fingerprint density at radius 1 is 1.64 bits per heavy atom. The van der Waals surface area contributed by atoms with Crippen LogP contribution in [-0.2, 0) is 4.79 Å². The molecule has 0 saturated carbocycles. The minimum Gasteiger partial charge on any atom is -0.465 e. The fraction of sp³-hybridized carbons (Fsp3) is 0.714. The van der Waals surface area contributed by atoms with Crippen molar-refractivity contribution in [3.8, 4) is 0 Å². The zero-order valence-electron chi connectivity index (χ0n) is 6.36. The maximum atomic E-state index is 10.5. The van der Waals surface area contributed by atoms with Crippen LogP contribution in [0.3, 0.4) is 0 Å². The highest BCUT2D eigenvalue weighted by molar-refractivity contribution is 5.72. The molecule has 1 N–H and O–H groups in total. The van der Waals surface area contributed by atoms with Crippen molar-refractivity contribution in [3.05, 3.63) is 0 Å². The van der Waals surface area contributed by atoms with Gasteiger partial charge in [0, 0.05) is 6.04 Å². The normalized spacial score (nSPS) is 30.5. The molecule has 0 aromatic rings. The predicted octanol–water partition coefficient (Wildman–Crippen LogP) is 0.716. The smallest absolute Gasteiger partial charge is 0.408 e. The molecule has 1 aliphatic rings. The quantitative estimate of drug-likeness (QED) is 0.570. The molecule has 1 amide bonds. The summed E-state index contributed by atoms with van der Waals surface area (Å²) in [5.41, 5.74) is 0. The number of nitrogens with zero attached hydrogens (tertiary/aromatic N) is 1. The van der Waals surface area contributed by atoms with Crippen LogP contribution in [0.2, 0.25) is 0 Å². The second-order valence-corrected chi connectivity index (χ2v) is 2.82. The lowest BCUT2D eigenvalue weighted by molar-refractivity contribution is -0.111. The first-order chi connectivity index (χ1) is 5.16. The van der Waals surface area contributed by atoms with E-state index >= 15 is 0 Å². The van der Waals surface area contributed by atoms with Crippen molar-refractivity contribution >= 4 is 12.4 Å². The molecule has 0 aromatic heterocycles. The Labute approximate surface area is 64.8 Å². The molecule has 4 nitrogen and oxygen atoms in total. The first-order valence-electron chi connectivity index (χ1n) is 3.63. The van der Waals surface area contributed by atoms with E-state index in [0.717, 1.165) is 6.42 Å². The van der Waals surface area contributed by atoms with E-state index in [4.69, 9.17) is 5.11 Å². The van der Waals surface area contributed by atoms with Crippen molar-refractivity contribution < 1.29 is 14.7 Å². The molecule has 1 saturated heterocycles. The fourth-order valence-corrected chi connectivity index (χ4v) is 1.48. The van der Waals surface area contributed by atoms with Crippen molar-refractivity contribution in [1.82, 2.24) is 4.90 Å². The number of hydrogen-bond donors (Lipinski definition) is 1. The summed E-state index contributed by atoms with van der Waals surface area (Å²) in [5, 5.41) is 8.65. The molecule has 0 aromatic carbocycles. The van der Waals surface area contributed by atoms with Crippen LogP contribution in [0.15, 0.2) is 0 Å². The molecule has 2 atom stereocenters. The molecule has 0 spiro atoms. The highest BCUT2D eigenvalue weighted by Gasteiger charge is 2.33. The molecule has 1 rings (SSSR count). The van der Waals surface area contributed by atoms with Gasteiger partial charge in [-0.2, -0.15) is 0 Å². The SMILES string of the molecule is C[C@@H]1CC[C@H](C=O)N1C(=O)O. The lowest BCUT2D eigenvalue weighted by Gasteiger charge is -2.20. The van der Waals surface area contributed by atoms with Crippen molar-refractivity contribution in [2.24, 2.45) is 0 Å². The predicted molar refractivity (Wildman–Crippen MR) is 38.4 cm³/mol. The van der Waals surface area contributed by atoms with Crippen molar-refractivity contribution in [1.29, 1.82) is 0 Å². The molecule has 1 heterocycles. The Kier molecular flexibility index (Phi) is 2.12. The van der Waals surface area contributed by atoms with Gasteiger partial charge in [-0.15, -0.1) is 0 Å². The Morgan fingerprint density at radius 2 is 2.27 bits per heavy atom. The average molecular weight is 157 g/mol. The van der Waals surface area contributed by atoms with Crippen molar-refractivity contribution in [2.45, 2.75) is 31.8 Å². The highest BCUT2D eigenvalue weighted by atomic mass is 16.4. The van der Waals surface area contributed by atoms with Gasteiger partial charge in [0.2, 0.25) is 0 Å². The minimum atomic E-state index is -0.993. The molecule has 0 aliphatic carbocycles. The van der Waals surface area contributed by atoms with Crippen LogP contribution >= 0.6 is 0 Å².